The third kappa shape index (κ3) is 2.27. The number of nitrogens with zero attached hydrogens (tertiary/aromatic N) is 1. The number of allylic oxidation sites excluding steroid dienone is 4. The van der Waals surface area contributed by atoms with Crippen LogP contribution in [0, 0.1) is 23.7 Å². The molecule has 4 heteroatoms. The van der Waals surface area contributed by atoms with Crippen molar-refractivity contribution in [1.82, 2.24) is 0 Å². The van der Waals surface area contributed by atoms with Crippen LogP contribution in [-0.2, 0) is 9.59 Å². The minimum absolute atomic E-state index is 0.0622. The summed E-state index contributed by atoms with van der Waals surface area (Å²) in [5.74, 6) is 0.355. The molecule has 1 heterocycles. The molecule has 130 valence electrons. The van der Waals surface area contributed by atoms with E-state index in [2.05, 4.69) is 32.9 Å². The van der Waals surface area contributed by atoms with Crippen LogP contribution in [0.5, 0.6) is 5.75 Å². The first-order valence-corrected chi connectivity index (χ1v) is 9.01. The Morgan fingerprint density at radius 1 is 1.00 bits per heavy atom. The number of carbonyl (C=O) groups excluding carboxylic acids is 2. The van der Waals surface area contributed by atoms with Crippen molar-refractivity contribution in [3.05, 3.63) is 47.6 Å². The highest BCUT2D eigenvalue weighted by atomic mass is 16.5. The van der Waals surface area contributed by atoms with Crippen molar-refractivity contribution < 1.29 is 14.3 Å². The van der Waals surface area contributed by atoms with Crippen molar-refractivity contribution >= 4 is 17.5 Å². The minimum atomic E-state index is -0.233. The summed E-state index contributed by atoms with van der Waals surface area (Å²) in [5.41, 5.74) is 3.16. The van der Waals surface area contributed by atoms with Crippen molar-refractivity contribution in [3.63, 3.8) is 0 Å². The van der Waals surface area contributed by atoms with E-state index in [0.29, 0.717) is 12.3 Å². The zero-order chi connectivity index (χ0) is 17.7. The Labute approximate surface area is 148 Å². The number of fused-ring (bicyclic) bond motifs is 5. The Morgan fingerprint density at radius 3 is 2.04 bits per heavy atom. The maximum atomic E-state index is 13.0. The van der Waals surface area contributed by atoms with Crippen LogP contribution in [-0.4, -0.2) is 18.4 Å². The summed E-state index contributed by atoms with van der Waals surface area (Å²) in [7, 11) is 0. The average Bonchev–Trinajstić information content (AvgIpc) is 3.24. The lowest BCUT2D eigenvalue weighted by Crippen LogP contribution is -2.33. The van der Waals surface area contributed by atoms with Crippen LogP contribution in [0.4, 0.5) is 5.69 Å². The molecule has 4 nitrogen and oxygen atoms in total. The summed E-state index contributed by atoms with van der Waals surface area (Å²) >= 11 is 0. The molecule has 25 heavy (non-hydrogen) atoms. The van der Waals surface area contributed by atoms with E-state index in [9.17, 15) is 9.59 Å². The van der Waals surface area contributed by atoms with Gasteiger partial charge in [0, 0.05) is 11.8 Å². The predicted molar refractivity (Wildman–Crippen MR) is 96.2 cm³/mol. The van der Waals surface area contributed by atoms with E-state index in [-0.39, 0.29) is 35.5 Å². The van der Waals surface area contributed by atoms with Gasteiger partial charge in [-0.15, -0.1) is 0 Å². The fourth-order valence-electron chi connectivity index (χ4n) is 4.60. The normalized spacial score (nSPS) is 29.6. The van der Waals surface area contributed by atoms with Crippen molar-refractivity contribution in [1.29, 1.82) is 0 Å². The number of anilines is 1. The number of carbonyl (C=O) groups is 2. The Morgan fingerprint density at radius 2 is 1.56 bits per heavy atom. The molecule has 4 rings (SSSR count). The molecule has 1 saturated carbocycles. The lowest BCUT2D eigenvalue weighted by molar-refractivity contribution is -0.122. The number of hydrogen-bond donors (Lipinski definition) is 0. The van der Waals surface area contributed by atoms with Gasteiger partial charge in [-0.2, -0.15) is 0 Å². The second kappa shape index (κ2) is 5.87. The van der Waals surface area contributed by atoms with Gasteiger partial charge in [0.2, 0.25) is 11.8 Å². The molecular weight excluding hydrogens is 314 g/mol. The fraction of sp³-hybridized carbons (Fsp3) is 0.429. The molecule has 2 amide bonds. The van der Waals surface area contributed by atoms with Crippen molar-refractivity contribution in [2.24, 2.45) is 23.7 Å². The summed E-state index contributed by atoms with van der Waals surface area (Å²) < 4.78 is 5.58. The molecule has 0 N–H and O–H groups in total. The van der Waals surface area contributed by atoms with Gasteiger partial charge in [-0.25, -0.2) is 4.90 Å². The topological polar surface area (TPSA) is 46.6 Å². The molecule has 0 unspecified atom stereocenters. The third-order valence-corrected chi connectivity index (χ3v) is 5.56. The van der Waals surface area contributed by atoms with E-state index in [1.165, 1.54) is 16.0 Å². The smallest absolute Gasteiger partial charge is 0.238 e. The molecule has 4 atom stereocenters. The molecule has 0 aromatic heterocycles. The summed E-state index contributed by atoms with van der Waals surface area (Å²) in [4.78, 5) is 27.4. The number of hydrogen-bond acceptors (Lipinski definition) is 3. The summed E-state index contributed by atoms with van der Waals surface area (Å²) in [6, 6.07) is 7.26. The average molecular weight is 337 g/mol. The Hall–Kier alpha value is -2.36. The van der Waals surface area contributed by atoms with E-state index >= 15 is 0 Å². The second-order valence-corrected chi connectivity index (χ2v) is 7.30. The van der Waals surface area contributed by atoms with Crippen molar-refractivity contribution in [2.45, 2.75) is 27.2 Å². The third-order valence-electron chi connectivity index (χ3n) is 5.56. The van der Waals surface area contributed by atoms with Crippen LogP contribution in [0.3, 0.4) is 0 Å². The Balaban J connectivity index is 1.62. The number of benzene rings is 1. The van der Waals surface area contributed by atoms with Gasteiger partial charge < -0.3 is 4.74 Å². The minimum Gasteiger partial charge on any atom is -0.494 e. The maximum Gasteiger partial charge on any atom is 0.238 e. The largest absolute Gasteiger partial charge is 0.494 e. The zero-order valence-corrected chi connectivity index (χ0v) is 14.9. The highest BCUT2D eigenvalue weighted by molar-refractivity contribution is 6.23. The van der Waals surface area contributed by atoms with E-state index in [4.69, 9.17) is 4.74 Å². The van der Waals surface area contributed by atoms with E-state index in [1.807, 2.05) is 12.1 Å². The van der Waals surface area contributed by atoms with Crippen LogP contribution in [0.2, 0.25) is 0 Å². The molecule has 1 aromatic rings. The van der Waals surface area contributed by atoms with Crippen LogP contribution in [0.25, 0.3) is 0 Å². The number of imide groups is 1. The van der Waals surface area contributed by atoms with Gasteiger partial charge in [0.15, 0.2) is 0 Å². The van der Waals surface area contributed by atoms with Gasteiger partial charge in [-0.3, -0.25) is 9.59 Å². The van der Waals surface area contributed by atoms with Gasteiger partial charge in [0.05, 0.1) is 24.1 Å². The monoisotopic (exact) mass is 337 g/mol. The van der Waals surface area contributed by atoms with Gasteiger partial charge in [-0.05, 0) is 44.5 Å². The Kier molecular flexibility index (Phi) is 3.78. The first-order chi connectivity index (χ1) is 12.0. The zero-order valence-electron chi connectivity index (χ0n) is 14.9. The molecule has 2 aliphatic carbocycles. The van der Waals surface area contributed by atoms with E-state index in [0.717, 1.165) is 12.2 Å². The number of rotatable bonds is 4. The fourth-order valence-corrected chi connectivity index (χ4v) is 4.60. The molecule has 2 fully saturated rings. The molecule has 3 aliphatic rings. The molecule has 2 bridgehead atoms. The quantitative estimate of drug-likeness (QED) is 0.621. The second-order valence-electron chi connectivity index (χ2n) is 7.30. The number of ether oxygens (including phenoxy) is 1. The van der Waals surface area contributed by atoms with Crippen LogP contribution >= 0.6 is 0 Å². The van der Waals surface area contributed by atoms with E-state index in [1.54, 1.807) is 12.1 Å². The molecule has 1 saturated heterocycles. The first-order valence-electron chi connectivity index (χ1n) is 9.01. The SMILES string of the molecule is CCCOc1ccc(N2C(=O)[C@@H]3[C@H](C2=O)[C@H]2C=C[C@H]3C2=C(C)C)cc1. The van der Waals surface area contributed by atoms with Gasteiger partial charge in [0.1, 0.15) is 5.75 Å². The standard InChI is InChI=1S/C21H23NO3/c1-4-11-25-14-7-5-13(6-8-14)22-20(23)18-15-9-10-16(17(15)12(2)3)19(18)21(22)24/h5-10,15-16,18-19H,4,11H2,1-3H3/t15-,16-,18-,19+/m0/s1. The first kappa shape index (κ1) is 16.1. The van der Waals surface area contributed by atoms with Crippen molar-refractivity contribution in [3.8, 4) is 5.75 Å². The highest BCUT2D eigenvalue weighted by Crippen LogP contribution is 2.57. The molecule has 0 spiro atoms. The van der Waals surface area contributed by atoms with Crippen LogP contribution in [0.15, 0.2) is 47.6 Å². The van der Waals surface area contributed by atoms with E-state index < -0.39 is 0 Å². The predicted octanol–water partition coefficient (Wildman–Crippen LogP) is 3.73. The lowest BCUT2D eigenvalue weighted by Gasteiger charge is -2.19. The summed E-state index contributed by atoms with van der Waals surface area (Å²) in [6.07, 6.45) is 5.17. The molecule has 1 aliphatic heterocycles. The van der Waals surface area contributed by atoms with Crippen LogP contribution < -0.4 is 9.64 Å². The summed E-state index contributed by atoms with van der Waals surface area (Å²) in [6.45, 7) is 6.86. The maximum absolute atomic E-state index is 13.0. The van der Waals surface area contributed by atoms with Gasteiger partial charge in [0.25, 0.3) is 0 Å². The summed E-state index contributed by atoms with van der Waals surface area (Å²) in [5, 5.41) is 0. The lowest BCUT2D eigenvalue weighted by atomic mass is 9.85. The van der Waals surface area contributed by atoms with Gasteiger partial charge in [-0.1, -0.05) is 30.2 Å². The van der Waals surface area contributed by atoms with Crippen molar-refractivity contribution in [2.75, 3.05) is 11.5 Å². The van der Waals surface area contributed by atoms with Gasteiger partial charge >= 0.3 is 0 Å². The Bertz CT molecular complexity index is 752. The highest BCUT2D eigenvalue weighted by Gasteiger charge is 2.61. The molecule has 0 radical (unpaired) electrons. The molecular formula is C21H23NO3. The number of amides is 2. The molecule has 1 aromatic carbocycles. The van der Waals surface area contributed by atoms with Crippen LogP contribution in [0.1, 0.15) is 27.2 Å².